The molecule has 0 spiro atoms. The molecule has 0 saturated carbocycles. The molecule has 66 valence electrons. The Kier molecular flexibility index (Phi) is 2.65. The number of hydrogen-bond donors (Lipinski definition) is 1. The molecule has 0 unspecified atom stereocenters. The molecule has 0 fully saturated rings. The van der Waals surface area contributed by atoms with E-state index in [1.807, 2.05) is 0 Å². The first-order chi connectivity index (χ1) is 5.69. The Morgan fingerprint density at radius 3 is 2.67 bits per heavy atom. The second-order valence-corrected chi connectivity index (χ2v) is 2.57. The standard InChI is InChI=1S/C9H11FO2/c1-6-3-8(10)7(5-11)4-9(6)12-2/h3-4,11H,5H2,1-2H3. The SMILES string of the molecule is COc1cc(CO)c(F)cc1C. The van der Waals surface area contributed by atoms with Crippen molar-refractivity contribution in [2.45, 2.75) is 13.5 Å². The number of rotatable bonds is 2. The average molecular weight is 170 g/mol. The third-order valence-electron chi connectivity index (χ3n) is 1.73. The molecule has 2 nitrogen and oxygen atoms in total. The van der Waals surface area contributed by atoms with Crippen LogP contribution in [0.2, 0.25) is 0 Å². The summed E-state index contributed by atoms with van der Waals surface area (Å²) in [6.07, 6.45) is 0. The lowest BCUT2D eigenvalue weighted by molar-refractivity contribution is 0.274. The second kappa shape index (κ2) is 3.54. The van der Waals surface area contributed by atoms with Crippen LogP contribution in [0.4, 0.5) is 4.39 Å². The van der Waals surface area contributed by atoms with Crippen molar-refractivity contribution >= 4 is 0 Å². The molecule has 3 heteroatoms. The number of aliphatic hydroxyl groups excluding tert-OH is 1. The van der Waals surface area contributed by atoms with Gasteiger partial charge in [0.05, 0.1) is 13.7 Å². The smallest absolute Gasteiger partial charge is 0.129 e. The minimum atomic E-state index is -0.393. The Morgan fingerprint density at radius 1 is 1.50 bits per heavy atom. The maximum absolute atomic E-state index is 13.0. The van der Waals surface area contributed by atoms with Gasteiger partial charge < -0.3 is 9.84 Å². The van der Waals surface area contributed by atoms with Gasteiger partial charge in [-0.15, -0.1) is 0 Å². The van der Waals surface area contributed by atoms with Gasteiger partial charge in [-0.1, -0.05) is 0 Å². The Morgan fingerprint density at radius 2 is 2.17 bits per heavy atom. The minimum Gasteiger partial charge on any atom is -0.496 e. The summed E-state index contributed by atoms with van der Waals surface area (Å²) in [6, 6.07) is 2.86. The lowest BCUT2D eigenvalue weighted by atomic mass is 10.1. The molecule has 0 atom stereocenters. The first kappa shape index (κ1) is 9.00. The first-order valence-corrected chi connectivity index (χ1v) is 3.63. The summed E-state index contributed by atoms with van der Waals surface area (Å²) in [6.45, 7) is 1.45. The van der Waals surface area contributed by atoms with Crippen LogP contribution in [0, 0.1) is 12.7 Å². The van der Waals surface area contributed by atoms with E-state index in [-0.39, 0.29) is 12.2 Å². The van der Waals surface area contributed by atoms with Crippen molar-refractivity contribution in [1.29, 1.82) is 0 Å². The summed E-state index contributed by atoms with van der Waals surface area (Å²) in [5.41, 5.74) is 0.990. The predicted octanol–water partition coefficient (Wildman–Crippen LogP) is 1.64. The number of hydrogen-bond acceptors (Lipinski definition) is 2. The number of aliphatic hydroxyl groups is 1. The molecule has 0 aromatic heterocycles. The molecule has 0 radical (unpaired) electrons. The van der Waals surface area contributed by atoms with Crippen LogP contribution in [0.15, 0.2) is 12.1 Å². The van der Waals surface area contributed by atoms with Crippen molar-refractivity contribution in [2.75, 3.05) is 7.11 Å². The van der Waals surface area contributed by atoms with E-state index in [0.717, 1.165) is 5.56 Å². The van der Waals surface area contributed by atoms with Gasteiger partial charge in [0, 0.05) is 5.56 Å². The number of ether oxygens (including phenoxy) is 1. The van der Waals surface area contributed by atoms with Crippen LogP contribution in [0.25, 0.3) is 0 Å². The van der Waals surface area contributed by atoms with E-state index in [2.05, 4.69) is 0 Å². The second-order valence-electron chi connectivity index (χ2n) is 2.57. The quantitative estimate of drug-likeness (QED) is 0.731. The van der Waals surface area contributed by atoms with E-state index in [4.69, 9.17) is 9.84 Å². The van der Waals surface area contributed by atoms with Gasteiger partial charge in [0.1, 0.15) is 11.6 Å². The van der Waals surface area contributed by atoms with E-state index in [9.17, 15) is 4.39 Å². The van der Waals surface area contributed by atoms with Crippen LogP contribution in [0.5, 0.6) is 5.75 Å². The molecule has 1 N–H and O–H groups in total. The fraction of sp³-hybridized carbons (Fsp3) is 0.333. The highest BCUT2D eigenvalue weighted by Gasteiger charge is 2.05. The normalized spacial score (nSPS) is 10.0. The van der Waals surface area contributed by atoms with E-state index in [1.165, 1.54) is 19.2 Å². The Hall–Kier alpha value is -1.09. The van der Waals surface area contributed by atoms with Crippen molar-refractivity contribution < 1.29 is 14.2 Å². The van der Waals surface area contributed by atoms with Gasteiger partial charge in [-0.25, -0.2) is 4.39 Å². The van der Waals surface area contributed by atoms with Gasteiger partial charge in [-0.05, 0) is 24.6 Å². The number of methoxy groups -OCH3 is 1. The molecule has 12 heavy (non-hydrogen) atoms. The molecular formula is C9H11FO2. The third-order valence-corrected chi connectivity index (χ3v) is 1.73. The van der Waals surface area contributed by atoms with E-state index < -0.39 is 5.82 Å². The zero-order chi connectivity index (χ0) is 9.14. The fourth-order valence-corrected chi connectivity index (χ4v) is 1.04. The van der Waals surface area contributed by atoms with Crippen LogP contribution in [-0.4, -0.2) is 12.2 Å². The molecule has 0 heterocycles. The maximum atomic E-state index is 13.0. The summed E-state index contributed by atoms with van der Waals surface area (Å²) in [7, 11) is 1.52. The zero-order valence-corrected chi connectivity index (χ0v) is 7.10. The monoisotopic (exact) mass is 170 g/mol. The van der Waals surface area contributed by atoms with Crippen LogP contribution in [0.1, 0.15) is 11.1 Å². The molecular weight excluding hydrogens is 159 g/mol. The molecule has 1 rings (SSSR count). The summed E-state index contributed by atoms with van der Waals surface area (Å²) in [5, 5.41) is 8.73. The third kappa shape index (κ3) is 1.56. The van der Waals surface area contributed by atoms with Crippen LogP contribution >= 0.6 is 0 Å². The van der Waals surface area contributed by atoms with Crippen LogP contribution < -0.4 is 4.74 Å². The predicted molar refractivity (Wildman–Crippen MR) is 43.6 cm³/mol. The van der Waals surface area contributed by atoms with E-state index in [1.54, 1.807) is 6.92 Å². The first-order valence-electron chi connectivity index (χ1n) is 3.63. The van der Waals surface area contributed by atoms with E-state index in [0.29, 0.717) is 5.75 Å². The zero-order valence-electron chi connectivity index (χ0n) is 7.10. The summed E-state index contributed by atoms with van der Waals surface area (Å²) >= 11 is 0. The minimum absolute atomic E-state index is 0.262. The van der Waals surface area contributed by atoms with Crippen molar-refractivity contribution in [3.8, 4) is 5.75 Å². The van der Waals surface area contributed by atoms with Crippen molar-refractivity contribution in [3.05, 3.63) is 29.1 Å². The average Bonchev–Trinajstić information content (AvgIpc) is 2.05. The summed E-state index contributed by atoms with van der Waals surface area (Å²) in [5.74, 6) is 0.205. The number of halogens is 1. The van der Waals surface area contributed by atoms with Crippen LogP contribution in [-0.2, 0) is 6.61 Å². The largest absolute Gasteiger partial charge is 0.496 e. The molecule has 0 saturated heterocycles. The van der Waals surface area contributed by atoms with Crippen molar-refractivity contribution in [3.63, 3.8) is 0 Å². The van der Waals surface area contributed by atoms with Gasteiger partial charge in [0.15, 0.2) is 0 Å². The molecule has 0 aliphatic carbocycles. The van der Waals surface area contributed by atoms with Crippen molar-refractivity contribution in [1.82, 2.24) is 0 Å². The summed E-state index contributed by atoms with van der Waals surface area (Å²) < 4.78 is 17.9. The molecule has 0 amide bonds. The highest BCUT2D eigenvalue weighted by Crippen LogP contribution is 2.21. The molecule has 0 aliphatic heterocycles. The van der Waals surface area contributed by atoms with Gasteiger partial charge in [0.25, 0.3) is 0 Å². The van der Waals surface area contributed by atoms with Crippen LogP contribution in [0.3, 0.4) is 0 Å². The van der Waals surface area contributed by atoms with Gasteiger partial charge in [-0.3, -0.25) is 0 Å². The molecule has 0 bridgehead atoms. The van der Waals surface area contributed by atoms with E-state index >= 15 is 0 Å². The lowest BCUT2D eigenvalue weighted by Gasteiger charge is -2.06. The van der Waals surface area contributed by atoms with Gasteiger partial charge in [-0.2, -0.15) is 0 Å². The van der Waals surface area contributed by atoms with Crippen molar-refractivity contribution in [2.24, 2.45) is 0 Å². The Labute approximate surface area is 70.6 Å². The Bertz CT molecular complexity index is 259. The highest BCUT2D eigenvalue weighted by atomic mass is 19.1. The molecule has 0 aliphatic rings. The Balaban J connectivity index is 3.18. The van der Waals surface area contributed by atoms with Gasteiger partial charge >= 0.3 is 0 Å². The lowest BCUT2D eigenvalue weighted by Crippen LogP contribution is -1.94. The highest BCUT2D eigenvalue weighted by molar-refractivity contribution is 5.37. The van der Waals surface area contributed by atoms with Gasteiger partial charge in [0.2, 0.25) is 0 Å². The topological polar surface area (TPSA) is 29.5 Å². The number of aryl methyl sites for hydroxylation is 1. The maximum Gasteiger partial charge on any atom is 0.129 e. The summed E-state index contributed by atoms with van der Waals surface area (Å²) in [4.78, 5) is 0. The fourth-order valence-electron chi connectivity index (χ4n) is 1.04. The molecule has 1 aromatic rings. The number of benzene rings is 1. The molecule has 1 aromatic carbocycles.